The maximum absolute atomic E-state index is 13.2. The Hall–Kier alpha value is -4.50. The highest BCUT2D eigenvalue weighted by Crippen LogP contribution is 2.39. The van der Waals surface area contributed by atoms with Crippen molar-refractivity contribution in [1.29, 1.82) is 0 Å². The van der Waals surface area contributed by atoms with Gasteiger partial charge in [0.15, 0.2) is 5.17 Å². The van der Waals surface area contributed by atoms with E-state index in [0.717, 1.165) is 33.4 Å². The Morgan fingerprint density at radius 1 is 1.02 bits per heavy atom. The molecule has 2 heterocycles. The lowest BCUT2D eigenvalue weighted by Crippen LogP contribution is -2.25. The van der Waals surface area contributed by atoms with Crippen molar-refractivity contribution in [2.24, 2.45) is 10.1 Å². The van der Waals surface area contributed by atoms with Gasteiger partial charge < -0.3 is 10.1 Å². The molecule has 0 radical (unpaired) electrons. The fourth-order valence-electron chi connectivity index (χ4n) is 4.83. The number of amides is 2. The van der Waals surface area contributed by atoms with Crippen molar-refractivity contribution in [3.63, 3.8) is 0 Å². The first kappa shape index (κ1) is 25.8. The number of ether oxygens (including phenoxy) is 1. The van der Waals surface area contributed by atoms with Crippen LogP contribution in [0.3, 0.4) is 0 Å². The van der Waals surface area contributed by atoms with E-state index in [1.165, 1.54) is 36.0 Å². The van der Waals surface area contributed by atoms with Crippen LogP contribution in [0.1, 0.15) is 30.0 Å². The van der Waals surface area contributed by atoms with Gasteiger partial charge in [-0.1, -0.05) is 60.3 Å². The van der Waals surface area contributed by atoms with E-state index >= 15 is 0 Å². The van der Waals surface area contributed by atoms with E-state index < -0.39 is 11.1 Å². The summed E-state index contributed by atoms with van der Waals surface area (Å²) in [6, 6.07) is 27.5. The number of anilines is 1. The number of methoxy groups -OCH3 is 1. The Bertz CT molecular complexity index is 1650. The molecule has 200 valence electrons. The van der Waals surface area contributed by atoms with E-state index in [4.69, 9.17) is 9.84 Å². The molecule has 2 aliphatic rings. The normalized spacial score (nSPS) is 18.6. The second-order valence-electron chi connectivity index (χ2n) is 9.54. The molecule has 1 N–H and O–H groups in total. The summed E-state index contributed by atoms with van der Waals surface area (Å²) < 4.78 is 18.5. The number of thioether (sulfide) groups is 1. The lowest BCUT2D eigenvalue weighted by atomic mass is 9.97. The van der Waals surface area contributed by atoms with Gasteiger partial charge in [-0.05, 0) is 64.4 Å². The Labute approximate surface area is 234 Å². The van der Waals surface area contributed by atoms with Gasteiger partial charge in [-0.3, -0.25) is 9.59 Å². The number of aliphatic imine (C=N–C) groups is 1. The molecule has 0 fully saturated rings. The number of nitrogens with zero attached hydrogens (tertiary/aromatic N) is 3. The zero-order valence-corrected chi connectivity index (χ0v) is 22.4. The number of hydrogen-bond donors (Lipinski definition) is 1. The zero-order chi connectivity index (χ0) is 27.6. The summed E-state index contributed by atoms with van der Waals surface area (Å²) in [4.78, 5) is 29.8. The fraction of sp³-hybridized carbons (Fsp3) is 0.161. The van der Waals surface area contributed by atoms with Gasteiger partial charge in [0.1, 0.15) is 16.8 Å². The molecule has 2 atom stereocenters. The molecular weight excluding hydrogens is 527 g/mol. The lowest BCUT2D eigenvalue weighted by Gasteiger charge is -2.23. The van der Waals surface area contributed by atoms with Crippen LogP contribution in [0.15, 0.2) is 101 Å². The van der Waals surface area contributed by atoms with Crippen molar-refractivity contribution >= 4 is 50.9 Å². The highest BCUT2D eigenvalue weighted by atomic mass is 32.2. The first-order valence-corrected chi connectivity index (χ1v) is 13.7. The number of carbonyl (C=O) groups excluding carboxylic acids is 2. The molecule has 0 aromatic heterocycles. The smallest absolute Gasteiger partial charge is 0.262 e. The van der Waals surface area contributed by atoms with Gasteiger partial charge in [0.25, 0.3) is 5.91 Å². The van der Waals surface area contributed by atoms with E-state index in [0.29, 0.717) is 17.3 Å². The number of amidine groups is 1. The van der Waals surface area contributed by atoms with Crippen LogP contribution in [0.2, 0.25) is 0 Å². The molecule has 0 spiro atoms. The van der Waals surface area contributed by atoms with Gasteiger partial charge in [0.2, 0.25) is 5.91 Å². The van der Waals surface area contributed by atoms with E-state index in [1.807, 2.05) is 36.4 Å². The maximum Gasteiger partial charge on any atom is 0.262 e. The number of benzene rings is 4. The molecule has 4 aromatic carbocycles. The minimum absolute atomic E-state index is 0.0594. The van der Waals surface area contributed by atoms with Gasteiger partial charge in [-0.2, -0.15) is 10.1 Å². The third kappa shape index (κ3) is 5.33. The molecule has 4 aromatic rings. The number of hydrogen-bond acceptors (Lipinski definition) is 6. The van der Waals surface area contributed by atoms with Crippen LogP contribution < -0.4 is 10.1 Å². The van der Waals surface area contributed by atoms with Crippen LogP contribution in [-0.2, 0) is 9.59 Å². The van der Waals surface area contributed by atoms with Crippen molar-refractivity contribution in [1.82, 2.24) is 5.01 Å². The largest absolute Gasteiger partial charge is 0.497 e. The highest BCUT2D eigenvalue weighted by Gasteiger charge is 2.39. The molecule has 0 aliphatic carbocycles. The van der Waals surface area contributed by atoms with Crippen molar-refractivity contribution in [2.75, 3.05) is 12.4 Å². The summed E-state index contributed by atoms with van der Waals surface area (Å²) in [7, 11) is 1.62. The Morgan fingerprint density at radius 3 is 2.52 bits per heavy atom. The number of nitrogens with one attached hydrogen (secondary N) is 1. The standard InChI is InChI=1S/C31H25FN4O3S/c1-39-25-14-8-20(9-15-25)27-17-26(22-7-6-19-4-2-3-5-21(19)16-22)35-36(27)31-34-30(38)28(40-31)18-29(37)33-24-12-10-23(32)11-13-24/h2-16,27-28H,17-18H2,1H3,(H,33,37). The third-order valence-electron chi connectivity index (χ3n) is 6.92. The Balaban J connectivity index is 1.25. The number of rotatable bonds is 6. The first-order chi connectivity index (χ1) is 19.5. The zero-order valence-electron chi connectivity index (χ0n) is 21.6. The van der Waals surface area contributed by atoms with E-state index in [9.17, 15) is 14.0 Å². The van der Waals surface area contributed by atoms with Gasteiger partial charge in [0, 0.05) is 18.5 Å². The molecule has 2 aliphatic heterocycles. The number of carbonyl (C=O) groups is 2. The van der Waals surface area contributed by atoms with E-state index in [1.54, 1.807) is 12.1 Å². The van der Waals surface area contributed by atoms with Crippen LogP contribution in [0, 0.1) is 5.82 Å². The molecule has 0 saturated heterocycles. The first-order valence-electron chi connectivity index (χ1n) is 12.8. The monoisotopic (exact) mass is 552 g/mol. The van der Waals surface area contributed by atoms with Gasteiger partial charge in [-0.25, -0.2) is 9.40 Å². The average molecular weight is 553 g/mol. The van der Waals surface area contributed by atoms with E-state index in [-0.39, 0.29) is 24.3 Å². The van der Waals surface area contributed by atoms with Crippen LogP contribution in [-0.4, -0.2) is 40.1 Å². The Morgan fingerprint density at radius 2 is 1.77 bits per heavy atom. The second-order valence-corrected chi connectivity index (χ2v) is 10.7. The van der Waals surface area contributed by atoms with Crippen LogP contribution >= 0.6 is 11.8 Å². The van der Waals surface area contributed by atoms with Gasteiger partial charge in [0.05, 0.1) is 18.9 Å². The minimum Gasteiger partial charge on any atom is -0.497 e. The summed E-state index contributed by atoms with van der Waals surface area (Å²) in [6.07, 6.45) is 0.560. The predicted octanol–water partition coefficient (Wildman–Crippen LogP) is 6.17. The van der Waals surface area contributed by atoms with Crippen LogP contribution in [0.5, 0.6) is 5.75 Å². The summed E-state index contributed by atoms with van der Waals surface area (Å²) in [5, 5.41) is 11.5. The highest BCUT2D eigenvalue weighted by molar-refractivity contribution is 8.15. The van der Waals surface area contributed by atoms with Gasteiger partial charge in [-0.15, -0.1) is 0 Å². The number of halogens is 1. The van der Waals surface area contributed by atoms with Crippen molar-refractivity contribution in [3.05, 3.63) is 108 Å². The van der Waals surface area contributed by atoms with Crippen molar-refractivity contribution in [3.8, 4) is 5.75 Å². The minimum atomic E-state index is -0.674. The Kier molecular flexibility index (Phi) is 7.04. The van der Waals surface area contributed by atoms with Crippen LogP contribution in [0.4, 0.5) is 10.1 Å². The summed E-state index contributed by atoms with van der Waals surface area (Å²) >= 11 is 1.24. The lowest BCUT2D eigenvalue weighted by molar-refractivity contribution is -0.121. The third-order valence-corrected chi connectivity index (χ3v) is 8.06. The molecular formula is C31H25FN4O3S. The fourth-order valence-corrected chi connectivity index (χ4v) is 5.90. The molecule has 2 amide bonds. The van der Waals surface area contributed by atoms with Gasteiger partial charge >= 0.3 is 0 Å². The topological polar surface area (TPSA) is 83.4 Å². The molecule has 40 heavy (non-hydrogen) atoms. The average Bonchev–Trinajstić information content (AvgIpc) is 3.58. The SMILES string of the molecule is COc1ccc(C2CC(c3ccc4ccccc4c3)=NN2C2=NC(=O)C(CC(=O)Nc3ccc(F)cc3)S2)cc1. The molecule has 0 bridgehead atoms. The number of fused-ring (bicyclic) bond motifs is 1. The summed E-state index contributed by atoms with van der Waals surface area (Å²) in [6.45, 7) is 0. The molecule has 6 rings (SSSR count). The quantitative estimate of drug-likeness (QED) is 0.310. The molecule has 2 unspecified atom stereocenters. The predicted molar refractivity (Wildman–Crippen MR) is 156 cm³/mol. The molecule has 9 heteroatoms. The summed E-state index contributed by atoms with van der Waals surface area (Å²) in [5.74, 6) is -0.364. The number of hydrazone groups is 1. The molecule has 7 nitrogen and oxygen atoms in total. The van der Waals surface area contributed by atoms with Crippen LogP contribution in [0.25, 0.3) is 10.8 Å². The maximum atomic E-state index is 13.2. The van der Waals surface area contributed by atoms with Crippen molar-refractivity contribution in [2.45, 2.75) is 24.1 Å². The van der Waals surface area contributed by atoms with Crippen molar-refractivity contribution < 1.29 is 18.7 Å². The van der Waals surface area contributed by atoms with E-state index in [2.05, 4.69) is 40.6 Å². The second kappa shape index (κ2) is 10.9. The summed E-state index contributed by atoms with van der Waals surface area (Å²) in [5.41, 5.74) is 3.37. The molecule has 0 saturated carbocycles.